The molecule has 1 rings (SSSR count). The van der Waals surface area contributed by atoms with Gasteiger partial charge in [-0.25, -0.2) is 4.79 Å². The third-order valence-electron chi connectivity index (χ3n) is 2.93. The zero-order chi connectivity index (χ0) is 16.2. The van der Waals surface area contributed by atoms with Gasteiger partial charge in [0.1, 0.15) is 17.4 Å². The Morgan fingerprint density at radius 2 is 2.00 bits per heavy atom. The first kappa shape index (κ1) is 17.8. The van der Waals surface area contributed by atoms with E-state index in [4.69, 9.17) is 9.47 Å². The smallest absolute Gasteiger partial charge is 0.328 e. The van der Waals surface area contributed by atoms with Crippen LogP contribution in [0.25, 0.3) is 0 Å². The summed E-state index contributed by atoms with van der Waals surface area (Å²) in [6, 6.07) is 5.31. The Balaban J connectivity index is 3.02. The molecule has 0 N–H and O–H groups in total. The van der Waals surface area contributed by atoms with Crippen molar-refractivity contribution in [1.29, 1.82) is 0 Å². The fourth-order valence-corrected chi connectivity index (χ4v) is 2.48. The number of halogens is 1. The Bertz CT molecular complexity index is 497. The maximum atomic E-state index is 12.2. The molecule has 1 atom stereocenters. The van der Waals surface area contributed by atoms with Crippen molar-refractivity contribution < 1.29 is 14.3 Å². The average molecular weight is 358 g/mol. The second-order valence-corrected chi connectivity index (χ2v) is 6.69. The number of esters is 1. The van der Waals surface area contributed by atoms with Gasteiger partial charge in [-0.2, -0.15) is 0 Å². The summed E-state index contributed by atoms with van der Waals surface area (Å²) in [6.07, 6.45) is 0. The summed E-state index contributed by atoms with van der Waals surface area (Å²) in [4.78, 5) is 14.1. The molecule has 5 heteroatoms. The molecule has 1 aromatic carbocycles. The summed E-state index contributed by atoms with van der Waals surface area (Å²) in [6.45, 7) is 9.91. The Morgan fingerprint density at radius 1 is 1.38 bits per heavy atom. The van der Waals surface area contributed by atoms with Gasteiger partial charge in [0.15, 0.2) is 0 Å². The normalized spacial score (nSPS) is 12.7. The number of nitrogens with zero attached hydrogens (tertiary/aromatic N) is 1. The number of likely N-dealkylation sites (N-methyl/N-ethyl adjacent to an activating group) is 1. The number of anilines is 1. The second-order valence-electron chi connectivity index (χ2n) is 5.84. The van der Waals surface area contributed by atoms with E-state index in [1.54, 1.807) is 0 Å². The average Bonchev–Trinajstić information content (AvgIpc) is 2.35. The SMILES string of the molecule is CCOc1cccc(Br)c1N(C)C(C)C(=O)OC(C)(C)C. The van der Waals surface area contributed by atoms with E-state index in [1.165, 1.54) is 0 Å². The van der Waals surface area contributed by atoms with E-state index in [-0.39, 0.29) is 5.97 Å². The van der Waals surface area contributed by atoms with E-state index in [0.29, 0.717) is 6.61 Å². The molecule has 0 bridgehead atoms. The van der Waals surface area contributed by atoms with Crippen molar-refractivity contribution in [1.82, 2.24) is 0 Å². The fourth-order valence-electron chi connectivity index (χ4n) is 1.85. The minimum atomic E-state index is -0.497. The van der Waals surface area contributed by atoms with Crippen molar-refractivity contribution in [3.8, 4) is 5.75 Å². The zero-order valence-corrected chi connectivity index (χ0v) is 15.2. The highest BCUT2D eigenvalue weighted by atomic mass is 79.9. The summed E-state index contributed by atoms with van der Waals surface area (Å²) in [7, 11) is 1.86. The van der Waals surface area contributed by atoms with Crippen LogP contribution in [-0.4, -0.2) is 31.3 Å². The van der Waals surface area contributed by atoms with E-state index in [9.17, 15) is 4.79 Å². The maximum absolute atomic E-state index is 12.2. The third-order valence-corrected chi connectivity index (χ3v) is 3.57. The zero-order valence-electron chi connectivity index (χ0n) is 13.6. The predicted molar refractivity (Wildman–Crippen MR) is 89.0 cm³/mol. The minimum absolute atomic E-state index is 0.261. The van der Waals surface area contributed by atoms with Gasteiger partial charge >= 0.3 is 5.97 Å². The van der Waals surface area contributed by atoms with Gasteiger partial charge < -0.3 is 14.4 Å². The van der Waals surface area contributed by atoms with Gasteiger partial charge in [0.25, 0.3) is 0 Å². The van der Waals surface area contributed by atoms with Crippen LogP contribution >= 0.6 is 15.9 Å². The van der Waals surface area contributed by atoms with Gasteiger partial charge in [0.2, 0.25) is 0 Å². The van der Waals surface area contributed by atoms with Crippen LogP contribution in [0.1, 0.15) is 34.6 Å². The lowest BCUT2D eigenvalue weighted by atomic mass is 10.2. The number of carbonyl (C=O) groups excluding carboxylic acids is 1. The summed E-state index contributed by atoms with van der Waals surface area (Å²) < 4.78 is 12.0. The van der Waals surface area contributed by atoms with Gasteiger partial charge in [-0.15, -0.1) is 0 Å². The molecule has 0 heterocycles. The number of benzene rings is 1. The van der Waals surface area contributed by atoms with Gasteiger partial charge in [-0.05, 0) is 62.7 Å². The topological polar surface area (TPSA) is 38.8 Å². The van der Waals surface area contributed by atoms with Crippen LogP contribution in [0.15, 0.2) is 22.7 Å². The summed E-state index contributed by atoms with van der Waals surface area (Å²) in [5.41, 5.74) is 0.348. The molecule has 0 saturated heterocycles. The quantitative estimate of drug-likeness (QED) is 0.746. The Morgan fingerprint density at radius 3 is 2.52 bits per heavy atom. The molecule has 118 valence electrons. The van der Waals surface area contributed by atoms with Gasteiger partial charge in [0.05, 0.1) is 12.3 Å². The van der Waals surface area contributed by atoms with Crippen LogP contribution < -0.4 is 9.64 Å². The molecule has 21 heavy (non-hydrogen) atoms. The van der Waals surface area contributed by atoms with Crippen LogP contribution in [0, 0.1) is 0 Å². The highest BCUT2D eigenvalue weighted by Gasteiger charge is 2.27. The molecule has 0 saturated carbocycles. The van der Waals surface area contributed by atoms with E-state index < -0.39 is 11.6 Å². The summed E-state index contributed by atoms with van der Waals surface area (Å²) >= 11 is 3.52. The van der Waals surface area contributed by atoms with Crippen LogP contribution in [0.5, 0.6) is 5.75 Å². The monoisotopic (exact) mass is 357 g/mol. The van der Waals surface area contributed by atoms with Crippen molar-refractivity contribution in [2.24, 2.45) is 0 Å². The van der Waals surface area contributed by atoms with Crippen LogP contribution in [-0.2, 0) is 9.53 Å². The summed E-state index contributed by atoms with van der Waals surface area (Å²) in [5, 5.41) is 0. The maximum Gasteiger partial charge on any atom is 0.328 e. The highest BCUT2D eigenvalue weighted by Crippen LogP contribution is 2.36. The second kappa shape index (κ2) is 7.16. The van der Waals surface area contributed by atoms with Gasteiger partial charge in [-0.3, -0.25) is 0 Å². The van der Waals surface area contributed by atoms with E-state index in [1.807, 2.05) is 64.8 Å². The largest absolute Gasteiger partial charge is 0.492 e. The lowest BCUT2D eigenvalue weighted by Gasteiger charge is -2.30. The molecule has 0 aliphatic carbocycles. The van der Waals surface area contributed by atoms with Crippen molar-refractivity contribution >= 4 is 27.6 Å². The number of carbonyl (C=O) groups is 1. The lowest BCUT2D eigenvalue weighted by molar-refractivity contribution is -0.155. The van der Waals surface area contributed by atoms with Crippen molar-refractivity contribution in [3.05, 3.63) is 22.7 Å². The molecule has 0 fully saturated rings. The van der Waals surface area contributed by atoms with E-state index >= 15 is 0 Å². The number of ether oxygens (including phenoxy) is 2. The lowest BCUT2D eigenvalue weighted by Crippen LogP contribution is -2.40. The van der Waals surface area contributed by atoms with E-state index in [0.717, 1.165) is 15.9 Å². The van der Waals surface area contributed by atoms with Gasteiger partial charge in [0, 0.05) is 11.5 Å². The van der Waals surface area contributed by atoms with Crippen LogP contribution in [0.4, 0.5) is 5.69 Å². The molecule has 1 aromatic rings. The third kappa shape index (κ3) is 4.92. The first-order chi connectivity index (χ1) is 9.67. The van der Waals surface area contributed by atoms with Crippen molar-refractivity contribution in [3.63, 3.8) is 0 Å². The number of hydrogen-bond acceptors (Lipinski definition) is 4. The highest BCUT2D eigenvalue weighted by molar-refractivity contribution is 9.10. The standard InChI is InChI=1S/C16H24BrNO3/c1-7-20-13-10-8-9-12(17)14(13)18(6)11(2)15(19)21-16(3,4)5/h8-11H,7H2,1-6H3. The molecule has 0 aromatic heterocycles. The van der Waals surface area contributed by atoms with Crippen molar-refractivity contribution in [2.45, 2.75) is 46.3 Å². The van der Waals surface area contributed by atoms with E-state index in [2.05, 4.69) is 15.9 Å². The first-order valence-electron chi connectivity index (χ1n) is 7.04. The summed E-state index contributed by atoms with van der Waals surface area (Å²) in [5.74, 6) is 0.480. The van der Waals surface area contributed by atoms with Crippen molar-refractivity contribution in [2.75, 3.05) is 18.6 Å². The Labute approximate surface area is 135 Å². The number of rotatable bonds is 5. The molecule has 4 nitrogen and oxygen atoms in total. The first-order valence-corrected chi connectivity index (χ1v) is 7.83. The number of hydrogen-bond donors (Lipinski definition) is 0. The molecule has 0 radical (unpaired) electrons. The molecular weight excluding hydrogens is 334 g/mol. The predicted octanol–water partition coefficient (Wildman–Crippen LogP) is 4.01. The van der Waals surface area contributed by atoms with Gasteiger partial charge in [-0.1, -0.05) is 6.07 Å². The molecule has 0 amide bonds. The molecular formula is C16H24BrNO3. The molecule has 1 unspecified atom stereocenters. The van der Waals surface area contributed by atoms with Crippen LogP contribution in [0.3, 0.4) is 0 Å². The minimum Gasteiger partial charge on any atom is -0.492 e. The Kier molecular flexibility index (Phi) is 6.08. The molecule has 0 spiro atoms. The fraction of sp³-hybridized carbons (Fsp3) is 0.562. The number of para-hydroxylation sites is 1. The molecule has 0 aliphatic heterocycles. The van der Waals surface area contributed by atoms with Crippen LogP contribution in [0.2, 0.25) is 0 Å². The molecule has 0 aliphatic rings. The Hall–Kier alpha value is -1.23.